The van der Waals surface area contributed by atoms with Crippen LogP contribution in [0, 0.1) is 46.3 Å². The summed E-state index contributed by atoms with van der Waals surface area (Å²) in [5.74, 6) is 11.9. The smallest absolute Gasteiger partial charge is 0.109 e. The van der Waals surface area contributed by atoms with E-state index in [1.165, 1.54) is 0 Å². The van der Waals surface area contributed by atoms with Gasteiger partial charge in [-0.1, -0.05) is 60.1 Å². The van der Waals surface area contributed by atoms with E-state index in [-0.39, 0.29) is 13.2 Å². The minimum atomic E-state index is 0.273. The number of ether oxygens (including phenoxy) is 1. The van der Waals surface area contributed by atoms with E-state index in [2.05, 4.69) is 35.8 Å². The molecule has 0 spiro atoms. The van der Waals surface area contributed by atoms with Crippen molar-refractivity contribution in [2.75, 3.05) is 13.2 Å². The van der Waals surface area contributed by atoms with Crippen molar-refractivity contribution < 1.29 is 4.74 Å². The summed E-state index contributed by atoms with van der Waals surface area (Å²) in [6.45, 7) is 0.546. The molecule has 0 radical (unpaired) electrons. The van der Waals surface area contributed by atoms with Crippen LogP contribution < -0.4 is 0 Å². The fraction of sp³-hybridized carbons (Fsp3) is 0.182. The number of nitriles is 2. The molecule has 0 saturated heterocycles. The lowest BCUT2D eigenvalue weighted by Crippen LogP contribution is -1.93. The number of nitrogens with zero attached hydrogens (tertiary/aromatic N) is 2. The monoisotopic (exact) mass is 324 g/mol. The maximum absolute atomic E-state index is 8.80. The van der Waals surface area contributed by atoms with Crippen LogP contribution in [0.4, 0.5) is 0 Å². The SMILES string of the molecule is N#CCc1ccccc1C#CCOCC#Cc1ccccc1CC#N. The third kappa shape index (κ3) is 5.89. The molecule has 2 rings (SSSR count). The van der Waals surface area contributed by atoms with Crippen LogP contribution in [0.25, 0.3) is 0 Å². The highest BCUT2D eigenvalue weighted by atomic mass is 16.5. The van der Waals surface area contributed by atoms with Gasteiger partial charge in [0.15, 0.2) is 0 Å². The van der Waals surface area contributed by atoms with Gasteiger partial charge < -0.3 is 4.74 Å². The van der Waals surface area contributed by atoms with Crippen molar-refractivity contribution in [3.63, 3.8) is 0 Å². The Morgan fingerprint density at radius 2 is 1.12 bits per heavy atom. The molecule has 0 amide bonds. The Labute approximate surface area is 148 Å². The second-order valence-corrected chi connectivity index (χ2v) is 5.08. The molecule has 0 heterocycles. The Kier molecular flexibility index (Phi) is 7.36. The van der Waals surface area contributed by atoms with Crippen molar-refractivity contribution in [1.82, 2.24) is 0 Å². The Morgan fingerprint density at radius 3 is 1.56 bits per heavy atom. The van der Waals surface area contributed by atoms with Gasteiger partial charge in [-0.05, 0) is 23.3 Å². The lowest BCUT2D eigenvalue weighted by atomic mass is 10.1. The van der Waals surface area contributed by atoms with Crippen molar-refractivity contribution in [1.29, 1.82) is 10.5 Å². The van der Waals surface area contributed by atoms with E-state index in [9.17, 15) is 0 Å². The van der Waals surface area contributed by atoms with Crippen molar-refractivity contribution in [2.24, 2.45) is 0 Å². The summed E-state index contributed by atoms with van der Waals surface area (Å²) in [5, 5.41) is 17.6. The topological polar surface area (TPSA) is 56.8 Å². The van der Waals surface area contributed by atoms with Gasteiger partial charge in [-0.25, -0.2) is 0 Å². The summed E-state index contributed by atoms with van der Waals surface area (Å²) in [5.41, 5.74) is 3.55. The number of benzene rings is 2. The fourth-order valence-corrected chi connectivity index (χ4v) is 2.18. The second kappa shape index (κ2) is 10.3. The molecule has 0 aliphatic heterocycles. The highest BCUT2D eigenvalue weighted by molar-refractivity contribution is 5.43. The maximum Gasteiger partial charge on any atom is 0.109 e. The highest BCUT2D eigenvalue weighted by Crippen LogP contribution is 2.08. The molecule has 0 saturated carbocycles. The molecule has 0 N–H and O–H groups in total. The van der Waals surface area contributed by atoms with Gasteiger partial charge in [0.2, 0.25) is 0 Å². The summed E-state index contributed by atoms with van der Waals surface area (Å²) in [7, 11) is 0. The van der Waals surface area contributed by atoms with E-state index in [1.807, 2.05) is 48.5 Å². The van der Waals surface area contributed by atoms with Gasteiger partial charge >= 0.3 is 0 Å². The van der Waals surface area contributed by atoms with Crippen LogP contribution in [0.1, 0.15) is 22.3 Å². The zero-order valence-electron chi connectivity index (χ0n) is 13.7. The highest BCUT2D eigenvalue weighted by Gasteiger charge is 1.97. The van der Waals surface area contributed by atoms with E-state index in [1.54, 1.807) is 0 Å². The Balaban J connectivity index is 1.87. The minimum absolute atomic E-state index is 0.273. The first-order chi connectivity index (χ1) is 12.3. The van der Waals surface area contributed by atoms with E-state index in [0.29, 0.717) is 12.8 Å². The van der Waals surface area contributed by atoms with Gasteiger partial charge in [-0.2, -0.15) is 10.5 Å². The summed E-state index contributed by atoms with van der Waals surface area (Å²) in [4.78, 5) is 0. The first-order valence-electron chi connectivity index (χ1n) is 7.80. The largest absolute Gasteiger partial charge is 0.356 e. The molecule has 0 bridgehead atoms. The molecule has 2 aromatic carbocycles. The first kappa shape index (κ1) is 17.8. The van der Waals surface area contributed by atoms with Crippen LogP contribution >= 0.6 is 0 Å². The average molecular weight is 324 g/mol. The van der Waals surface area contributed by atoms with Crippen LogP contribution in [0.5, 0.6) is 0 Å². The van der Waals surface area contributed by atoms with Crippen LogP contribution in [0.15, 0.2) is 48.5 Å². The van der Waals surface area contributed by atoms with Gasteiger partial charge in [-0.15, -0.1) is 0 Å². The molecular formula is C22H16N2O. The third-order valence-electron chi connectivity index (χ3n) is 3.37. The molecule has 120 valence electrons. The molecular weight excluding hydrogens is 308 g/mol. The maximum atomic E-state index is 8.80. The van der Waals surface area contributed by atoms with Crippen molar-refractivity contribution in [3.05, 3.63) is 70.8 Å². The van der Waals surface area contributed by atoms with Crippen LogP contribution in [0.2, 0.25) is 0 Å². The molecule has 3 nitrogen and oxygen atoms in total. The summed E-state index contributed by atoms with van der Waals surface area (Å²) in [6, 6.07) is 19.5. The second-order valence-electron chi connectivity index (χ2n) is 5.08. The van der Waals surface area contributed by atoms with Gasteiger partial charge in [0.25, 0.3) is 0 Å². The molecule has 0 fully saturated rings. The normalized spacial score (nSPS) is 8.88. The molecule has 0 aromatic heterocycles. The zero-order valence-corrected chi connectivity index (χ0v) is 13.7. The number of hydrogen-bond donors (Lipinski definition) is 0. The predicted molar refractivity (Wildman–Crippen MR) is 96.1 cm³/mol. The number of rotatable bonds is 4. The first-order valence-corrected chi connectivity index (χ1v) is 7.80. The van der Waals surface area contributed by atoms with Gasteiger partial charge in [-0.3, -0.25) is 0 Å². The standard InChI is InChI=1S/C22H16N2O/c23-15-13-21-9-3-1-7-19(21)11-5-17-25-18-6-12-20-8-2-4-10-22(20)14-16-24/h1-4,7-10H,13-14,17-18H2. The van der Waals surface area contributed by atoms with Crippen LogP contribution in [0.3, 0.4) is 0 Å². The number of hydrogen-bond acceptors (Lipinski definition) is 3. The zero-order chi connectivity index (χ0) is 17.7. The van der Waals surface area contributed by atoms with E-state index in [0.717, 1.165) is 22.3 Å². The van der Waals surface area contributed by atoms with E-state index in [4.69, 9.17) is 15.3 Å². The summed E-state index contributed by atoms with van der Waals surface area (Å²) >= 11 is 0. The fourth-order valence-electron chi connectivity index (χ4n) is 2.18. The molecule has 0 aliphatic rings. The van der Waals surface area contributed by atoms with Crippen LogP contribution in [-0.4, -0.2) is 13.2 Å². The summed E-state index contributed by atoms with van der Waals surface area (Å²) in [6.07, 6.45) is 0.693. The van der Waals surface area contributed by atoms with Crippen molar-refractivity contribution in [2.45, 2.75) is 12.8 Å². The Hall–Kier alpha value is -3.50. The summed E-state index contributed by atoms with van der Waals surface area (Å²) < 4.78 is 5.40. The van der Waals surface area contributed by atoms with Crippen molar-refractivity contribution in [3.8, 4) is 35.8 Å². The molecule has 25 heavy (non-hydrogen) atoms. The molecule has 0 atom stereocenters. The minimum Gasteiger partial charge on any atom is -0.356 e. The Bertz CT molecular complexity index is 847. The Morgan fingerprint density at radius 1 is 0.680 bits per heavy atom. The molecule has 2 aromatic rings. The predicted octanol–water partition coefficient (Wildman–Crippen LogP) is 3.24. The quantitative estimate of drug-likeness (QED) is 0.641. The molecule has 0 aliphatic carbocycles. The average Bonchev–Trinajstić information content (AvgIpc) is 2.64. The lowest BCUT2D eigenvalue weighted by molar-refractivity contribution is 0.204. The van der Waals surface area contributed by atoms with E-state index < -0.39 is 0 Å². The van der Waals surface area contributed by atoms with Gasteiger partial charge in [0.1, 0.15) is 13.2 Å². The van der Waals surface area contributed by atoms with Crippen molar-refractivity contribution >= 4 is 0 Å². The molecule has 0 unspecified atom stereocenters. The third-order valence-corrected chi connectivity index (χ3v) is 3.37. The van der Waals surface area contributed by atoms with E-state index >= 15 is 0 Å². The van der Waals surface area contributed by atoms with Gasteiger partial charge in [0.05, 0.1) is 25.0 Å². The molecule has 3 heteroatoms. The van der Waals surface area contributed by atoms with Gasteiger partial charge in [0, 0.05) is 11.1 Å². The lowest BCUT2D eigenvalue weighted by Gasteiger charge is -1.98. The van der Waals surface area contributed by atoms with Crippen LogP contribution in [-0.2, 0) is 17.6 Å².